The van der Waals surface area contributed by atoms with Gasteiger partial charge in [-0.1, -0.05) is 29.3 Å². The summed E-state index contributed by atoms with van der Waals surface area (Å²) in [5, 5.41) is 3.04. The Morgan fingerprint density at radius 3 is 2.71 bits per heavy atom. The van der Waals surface area contributed by atoms with E-state index in [-0.39, 0.29) is 16.5 Å². The molecule has 7 heteroatoms. The summed E-state index contributed by atoms with van der Waals surface area (Å²) in [7, 11) is 0. The number of ether oxygens (including phenoxy) is 1. The lowest BCUT2D eigenvalue weighted by atomic mass is 9.90. The van der Waals surface area contributed by atoms with Gasteiger partial charge in [0.15, 0.2) is 0 Å². The molecule has 1 saturated heterocycles. The highest BCUT2D eigenvalue weighted by Crippen LogP contribution is 2.34. The number of piperidine rings is 1. The zero-order chi connectivity index (χ0) is 19.9. The molecule has 1 fully saturated rings. The second-order valence-corrected chi connectivity index (χ2v) is 7.76. The number of fused-ring (bicyclic) bond motifs is 1. The van der Waals surface area contributed by atoms with Crippen molar-refractivity contribution in [3.8, 4) is 5.75 Å². The number of nitrogens with one attached hydrogen (secondary N) is 1. The first-order valence-corrected chi connectivity index (χ1v) is 9.57. The lowest BCUT2D eigenvalue weighted by Crippen LogP contribution is -2.54. The molecule has 2 aliphatic heterocycles. The maximum atomic E-state index is 14.1. The van der Waals surface area contributed by atoms with Gasteiger partial charge in [-0.3, -0.25) is 9.59 Å². The standard InChI is InChI=1S/C21H20ClFN2O3/c1-13-5-6-17-14(11-13)19(26)24-12-21(28-17)7-9-25(10-8-21)20(27)18-15(22)3-2-4-16(18)23/h2-6,11H,7-10,12H2,1H3,(H,24,26). The molecular weight excluding hydrogens is 383 g/mol. The topological polar surface area (TPSA) is 58.6 Å². The summed E-state index contributed by atoms with van der Waals surface area (Å²) in [4.78, 5) is 26.7. The van der Waals surface area contributed by atoms with Gasteiger partial charge >= 0.3 is 0 Å². The summed E-state index contributed by atoms with van der Waals surface area (Å²) in [5.41, 5.74) is 0.812. The molecule has 0 atom stereocenters. The first kappa shape index (κ1) is 18.7. The van der Waals surface area contributed by atoms with Crippen LogP contribution in [0.2, 0.25) is 5.02 Å². The third-order valence-corrected chi connectivity index (χ3v) is 5.73. The van der Waals surface area contributed by atoms with Gasteiger partial charge in [0.25, 0.3) is 11.8 Å². The minimum atomic E-state index is -0.625. The van der Waals surface area contributed by atoms with Crippen LogP contribution in [0, 0.1) is 12.7 Å². The highest BCUT2D eigenvalue weighted by atomic mass is 35.5. The van der Waals surface area contributed by atoms with E-state index in [1.165, 1.54) is 18.2 Å². The highest BCUT2D eigenvalue weighted by Gasteiger charge is 2.41. The summed E-state index contributed by atoms with van der Waals surface area (Å²) in [6, 6.07) is 9.74. The van der Waals surface area contributed by atoms with Gasteiger partial charge in [-0.25, -0.2) is 4.39 Å². The average molecular weight is 403 g/mol. The summed E-state index contributed by atoms with van der Waals surface area (Å²) in [6.07, 6.45) is 1.05. The van der Waals surface area contributed by atoms with Crippen molar-refractivity contribution < 1.29 is 18.7 Å². The molecule has 2 amide bonds. The Morgan fingerprint density at radius 1 is 1.25 bits per heavy atom. The Bertz CT molecular complexity index is 934. The summed E-state index contributed by atoms with van der Waals surface area (Å²) in [6.45, 7) is 3.06. The van der Waals surface area contributed by atoms with E-state index in [9.17, 15) is 14.0 Å². The summed E-state index contributed by atoms with van der Waals surface area (Å²) in [5.74, 6) is -0.656. The fourth-order valence-electron chi connectivity index (χ4n) is 3.77. The Morgan fingerprint density at radius 2 is 2.00 bits per heavy atom. The van der Waals surface area contributed by atoms with Crippen LogP contribution in [0.3, 0.4) is 0 Å². The predicted octanol–water partition coefficient (Wildman–Crippen LogP) is 3.58. The number of amides is 2. The number of likely N-dealkylation sites (tertiary alicyclic amines) is 1. The van der Waals surface area contributed by atoms with E-state index in [2.05, 4.69) is 5.32 Å². The van der Waals surface area contributed by atoms with Crippen molar-refractivity contribution in [3.63, 3.8) is 0 Å². The maximum absolute atomic E-state index is 14.1. The normalized spacial score (nSPS) is 18.1. The zero-order valence-corrected chi connectivity index (χ0v) is 16.2. The quantitative estimate of drug-likeness (QED) is 0.793. The molecule has 28 heavy (non-hydrogen) atoms. The van der Waals surface area contributed by atoms with Gasteiger partial charge in [0.2, 0.25) is 0 Å². The number of rotatable bonds is 1. The van der Waals surface area contributed by atoms with E-state index in [1.54, 1.807) is 4.90 Å². The number of halogens is 2. The van der Waals surface area contributed by atoms with Gasteiger partial charge in [-0.15, -0.1) is 0 Å². The predicted molar refractivity (Wildman–Crippen MR) is 103 cm³/mol. The van der Waals surface area contributed by atoms with Crippen LogP contribution in [-0.4, -0.2) is 41.9 Å². The van der Waals surface area contributed by atoms with Crippen molar-refractivity contribution in [1.82, 2.24) is 10.2 Å². The van der Waals surface area contributed by atoms with Crippen molar-refractivity contribution in [3.05, 3.63) is 63.9 Å². The van der Waals surface area contributed by atoms with Crippen LogP contribution in [0.25, 0.3) is 0 Å². The van der Waals surface area contributed by atoms with Gasteiger partial charge < -0.3 is 15.0 Å². The molecule has 2 aliphatic rings. The Kier molecular flexibility index (Phi) is 4.75. The lowest BCUT2D eigenvalue weighted by molar-refractivity contribution is 0.00757. The van der Waals surface area contributed by atoms with Crippen LogP contribution in [0.4, 0.5) is 4.39 Å². The van der Waals surface area contributed by atoms with Crippen LogP contribution in [0.15, 0.2) is 36.4 Å². The largest absolute Gasteiger partial charge is 0.484 e. The lowest BCUT2D eigenvalue weighted by Gasteiger charge is -2.41. The van der Waals surface area contributed by atoms with Crippen molar-refractivity contribution in [2.75, 3.05) is 19.6 Å². The molecule has 4 rings (SSSR count). The molecule has 0 bridgehead atoms. The first-order valence-electron chi connectivity index (χ1n) is 9.20. The van der Waals surface area contributed by atoms with Gasteiger partial charge in [0, 0.05) is 25.9 Å². The fourth-order valence-corrected chi connectivity index (χ4v) is 4.02. The Hall–Kier alpha value is -2.60. The fraction of sp³-hybridized carbons (Fsp3) is 0.333. The number of hydrogen-bond donors (Lipinski definition) is 1. The molecule has 2 heterocycles. The third kappa shape index (κ3) is 3.33. The maximum Gasteiger partial charge on any atom is 0.258 e. The second kappa shape index (κ2) is 7.09. The molecular formula is C21H20ClFN2O3. The Labute approximate surface area is 167 Å². The number of aryl methyl sites for hydroxylation is 1. The molecule has 2 aromatic carbocycles. The molecule has 0 aromatic heterocycles. The van der Waals surface area contributed by atoms with Gasteiger partial charge in [-0.05, 0) is 31.2 Å². The van der Waals surface area contributed by atoms with Gasteiger partial charge in [-0.2, -0.15) is 0 Å². The van der Waals surface area contributed by atoms with E-state index in [4.69, 9.17) is 16.3 Å². The van der Waals surface area contributed by atoms with Crippen molar-refractivity contribution in [2.24, 2.45) is 0 Å². The zero-order valence-electron chi connectivity index (χ0n) is 15.4. The van der Waals surface area contributed by atoms with Crippen molar-refractivity contribution in [2.45, 2.75) is 25.4 Å². The van der Waals surface area contributed by atoms with E-state index in [0.717, 1.165) is 5.56 Å². The van der Waals surface area contributed by atoms with Crippen LogP contribution >= 0.6 is 11.6 Å². The highest BCUT2D eigenvalue weighted by molar-refractivity contribution is 6.33. The first-order chi connectivity index (χ1) is 13.4. The number of carbonyl (C=O) groups is 2. The van der Waals surface area contributed by atoms with Gasteiger partial charge in [0.05, 0.1) is 22.7 Å². The molecule has 146 valence electrons. The third-order valence-electron chi connectivity index (χ3n) is 5.42. The minimum absolute atomic E-state index is 0.101. The van der Waals surface area contributed by atoms with E-state index < -0.39 is 17.3 Å². The number of hydrogen-bond acceptors (Lipinski definition) is 3. The van der Waals surface area contributed by atoms with E-state index >= 15 is 0 Å². The average Bonchev–Trinajstić information content (AvgIpc) is 2.80. The van der Waals surface area contributed by atoms with Crippen molar-refractivity contribution in [1.29, 1.82) is 0 Å². The second-order valence-electron chi connectivity index (χ2n) is 7.36. The van der Waals surface area contributed by atoms with Crippen LogP contribution in [0.1, 0.15) is 39.1 Å². The SMILES string of the molecule is Cc1ccc2c(c1)C(=O)NCC1(CCN(C(=O)c3c(F)cccc3Cl)CC1)O2. The molecule has 0 unspecified atom stereocenters. The Balaban J connectivity index is 1.53. The van der Waals surface area contributed by atoms with Crippen molar-refractivity contribution >= 4 is 23.4 Å². The van der Waals surface area contributed by atoms with Crippen LogP contribution < -0.4 is 10.1 Å². The molecule has 0 aliphatic carbocycles. The molecule has 1 spiro atoms. The monoisotopic (exact) mass is 402 g/mol. The van der Waals surface area contributed by atoms with E-state index in [0.29, 0.717) is 43.8 Å². The van der Waals surface area contributed by atoms with E-state index in [1.807, 2.05) is 25.1 Å². The molecule has 5 nitrogen and oxygen atoms in total. The smallest absolute Gasteiger partial charge is 0.258 e. The summed E-state index contributed by atoms with van der Waals surface area (Å²) >= 11 is 6.03. The number of nitrogens with zero attached hydrogens (tertiary/aromatic N) is 1. The molecule has 2 aromatic rings. The molecule has 0 saturated carbocycles. The minimum Gasteiger partial charge on any atom is -0.484 e. The number of carbonyl (C=O) groups excluding carboxylic acids is 2. The summed E-state index contributed by atoms with van der Waals surface area (Å²) < 4.78 is 20.4. The van der Waals surface area contributed by atoms with Gasteiger partial charge in [0.1, 0.15) is 17.2 Å². The molecule has 1 N–H and O–H groups in total. The van der Waals surface area contributed by atoms with Crippen LogP contribution in [0.5, 0.6) is 5.75 Å². The molecule has 0 radical (unpaired) electrons. The number of benzene rings is 2. The van der Waals surface area contributed by atoms with Crippen LogP contribution in [-0.2, 0) is 0 Å².